The van der Waals surface area contributed by atoms with Gasteiger partial charge in [-0.05, 0) is 24.5 Å². The van der Waals surface area contributed by atoms with Crippen molar-refractivity contribution in [3.05, 3.63) is 48.3 Å². The minimum atomic E-state index is 0.386. The second-order valence-electron chi connectivity index (χ2n) is 5.08. The quantitative estimate of drug-likeness (QED) is 0.674. The molecule has 1 heterocycles. The Morgan fingerprint density at radius 1 is 1.26 bits per heavy atom. The van der Waals surface area contributed by atoms with Gasteiger partial charge >= 0.3 is 0 Å². The number of para-hydroxylation sites is 1. The minimum absolute atomic E-state index is 0.386. The van der Waals surface area contributed by atoms with Gasteiger partial charge in [-0.25, -0.2) is 4.68 Å². The zero-order valence-corrected chi connectivity index (χ0v) is 13.2. The molecular weight excluding hydrogens is 300 g/mol. The van der Waals surface area contributed by atoms with Crippen LogP contribution in [0.2, 0.25) is 0 Å². The molecule has 0 bridgehead atoms. The maximum absolute atomic E-state index is 4.46. The third-order valence-electron chi connectivity index (χ3n) is 3.45. The summed E-state index contributed by atoms with van der Waals surface area (Å²) in [4.78, 5) is 0.386. The minimum Gasteiger partial charge on any atom is -0.241 e. The summed E-state index contributed by atoms with van der Waals surface area (Å²) in [5, 5.41) is 4.46. The van der Waals surface area contributed by atoms with Gasteiger partial charge in [-0.1, -0.05) is 60.8 Å². The van der Waals surface area contributed by atoms with Gasteiger partial charge in [0.1, 0.15) is 0 Å². The lowest BCUT2D eigenvalue weighted by Gasteiger charge is -2.16. The molecule has 1 aromatic carbocycles. The number of hydrogen-bond donors (Lipinski definition) is 0. The Labute approximate surface area is 124 Å². The largest absolute Gasteiger partial charge is 0.241 e. The average molecular weight is 321 g/mol. The zero-order valence-electron chi connectivity index (χ0n) is 11.6. The highest BCUT2D eigenvalue weighted by molar-refractivity contribution is 9.09. The summed E-state index contributed by atoms with van der Waals surface area (Å²) >= 11 is 3.81. The maximum Gasteiger partial charge on any atom is 0.0645 e. The first-order valence-electron chi connectivity index (χ1n) is 6.96. The van der Waals surface area contributed by atoms with E-state index in [2.05, 4.69) is 53.2 Å². The second-order valence-corrected chi connectivity index (χ2v) is 6.06. The molecule has 2 nitrogen and oxygen atoms in total. The number of aromatic nitrogens is 2. The highest BCUT2D eigenvalue weighted by atomic mass is 79.9. The molecule has 0 aliphatic rings. The fourth-order valence-corrected chi connectivity index (χ4v) is 2.70. The number of unbranched alkanes of at least 4 members (excludes halogenated alkanes) is 1. The van der Waals surface area contributed by atoms with Crippen LogP contribution in [0.1, 0.15) is 43.5 Å². The predicted molar refractivity (Wildman–Crippen MR) is 83.9 cm³/mol. The Kier molecular flexibility index (Phi) is 5.20. The van der Waals surface area contributed by atoms with Gasteiger partial charge in [-0.15, -0.1) is 0 Å². The van der Waals surface area contributed by atoms with Crippen molar-refractivity contribution in [3.8, 4) is 5.69 Å². The Bertz CT molecular complexity index is 492. The highest BCUT2D eigenvalue weighted by Gasteiger charge is 2.17. The van der Waals surface area contributed by atoms with Gasteiger partial charge in [0.05, 0.1) is 11.9 Å². The summed E-state index contributed by atoms with van der Waals surface area (Å²) in [5.41, 5.74) is 2.36. The van der Waals surface area contributed by atoms with Gasteiger partial charge in [0, 0.05) is 16.6 Å². The van der Waals surface area contributed by atoms with E-state index in [1.165, 1.54) is 24.8 Å². The van der Waals surface area contributed by atoms with Crippen molar-refractivity contribution in [1.82, 2.24) is 9.78 Å². The van der Waals surface area contributed by atoms with E-state index in [1.807, 2.05) is 29.1 Å². The van der Waals surface area contributed by atoms with E-state index in [1.54, 1.807) is 0 Å². The summed E-state index contributed by atoms with van der Waals surface area (Å²) in [7, 11) is 0. The fraction of sp³-hybridized carbons (Fsp3) is 0.438. The number of nitrogens with zero attached hydrogens (tertiary/aromatic N) is 2. The molecule has 0 radical (unpaired) electrons. The molecule has 1 aromatic heterocycles. The fourth-order valence-electron chi connectivity index (χ4n) is 2.20. The number of alkyl halides is 1. The predicted octanol–water partition coefficient (Wildman–Crippen LogP) is 5.13. The average Bonchev–Trinajstić information content (AvgIpc) is 2.94. The van der Waals surface area contributed by atoms with Crippen LogP contribution in [-0.4, -0.2) is 9.78 Å². The van der Waals surface area contributed by atoms with Gasteiger partial charge in [0.2, 0.25) is 0 Å². The SMILES string of the molecule is CCCCC(C)C(Br)c1cnn(-c2ccccc2)c1. The molecule has 3 heteroatoms. The Morgan fingerprint density at radius 2 is 2.00 bits per heavy atom. The molecule has 0 N–H and O–H groups in total. The molecule has 0 saturated carbocycles. The second kappa shape index (κ2) is 6.90. The first-order chi connectivity index (χ1) is 9.22. The summed E-state index contributed by atoms with van der Waals surface area (Å²) in [6, 6.07) is 10.2. The molecule has 0 amide bonds. The summed E-state index contributed by atoms with van der Waals surface area (Å²) in [6.45, 7) is 4.54. The number of hydrogen-bond acceptors (Lipinski definition) is 1. The standard InChI is InChI=1S/C16H21BrN2/c1-3-4-8-13(2)16(17)14-11-18-19(12-14)15-9-6-5-7-10-15/h5-7,9-13,16H,3-4,8H2,1-2H3. The molecule has 0 fully saturated rings. The molecule has 0 spiro atoms. The van der Waals surface area contributed by atoms with E-state index in [4.69, 9.17) is 0 Å². The summed E-state index contributed by atoms with van der Waals surface area (Å²) in [6.07, 6.45) is 7.89. The third-order valence-corrected chi connectivity index (χ3v) is 4.89. The van der Waals surface area contributed by atoms with Crippen molar-refractivity contribution in [3.63, 3.8) is 0 Å². The number of rotatable bonds is 6. The van der Waals surface area contributed by atoms with Crippen LogP contribution in [-0.2, 0) is 0 Å². The molecule has 0 aliphatic carbocycles. The first-order valence-corrected chi connectivity index (χ1v) is 7.88. The molecule has 2 unspecified atom stereocenters. The Morgan fingerprint density at radius 3 is 2.68 bits per heavy atom. The Hall–Kier alpha value is -1.09. The van der Waals surface area contributed by atoms with Crippen molar-refractivity contribution in [2.75, 3.05) is 0 Å². The van der Waals surface area contributed by atoms with Crippen molar-refractivity contribution in [2.24, 2.45) is 5.92 Å². The number of benzene rings is 1. The van der Waals surface area contributed by atoms with Crippen LogP contribution in [0.25, 0.3) is 5.69 Å². The summed E-state index contributed by atoms with van der Waals surface area (Å²) < 4.78 is 1.94. The first kappa shape index (κ1) is 14.3. The van der Waals surface area contributed by atoms with Crippen molar-refractivity contribution in [2.45, 2.75) is 37.9 Å². The van der Waals surface area contributed by atoms with Crippen LogP contribution < -0.4 is 0 Å². The lowest BCUT2D eigenvalue weighted by atomic mass is 9.98. The zero-order chi connectivity index (χ0) is 13.7. The van der Waals surface area contributed by atoms with E-state index in [9.17, 15) is 0 Å². The molecule has 2 atom stereocenters. The van der Waals surface area contributed by atoms with Crippen LogP contribution in [0.4, 0.5) is 0 Å². The normalized spacial score (nSPS) is 14.3. The topological polar surface area (TPSA) is 17.8 Å². The van der Waals surface area contributed by atoms with E-state index in [0.717, 1.165) is 5.69 Å². The van der Waals surface area contributed by atoms with Gasteiger partial charge < -0.3 is 0 Å². The monoisotopic (exact) mass is 320 g/mol. The van der Waals surface area contributed by atoms with E-state index < -0.39 is 0 Å². The van der Waals surface area contributed by atoms with Crippen LogP contribution in [0.15, 0.2) is 42.7 Å². The molecule has 102 valence electrons. The molecule has 2 rings (SSSR count). The van der Waals surface area contributed by atoms with Gasteiger partial charge in [-0.3, -0.25) is 0 Å². The van der Waals surface area contributed by atoms with Crippen molar-refractivity contribution in [1.29, 1.82) is 0 Å². The highest BCUT2D eigenvalue weighted by Crippen LogP contribution is 2.33. The smallest absolute Gasteiger partial charge is 0.0645 e. The van der Waals surface area contributed by atoms with Gasteiger partial charge in [0.15, 0.2) is 0 Å². The molecule has 19 heavy (non-hydrogen) atoms. The molecule has 0 aliphatic heterocycles. The van der Waals surface area contributed by atoms with Crippen molar-refractivity contribution < 1.29 is 0 Å². The molecular formula is C16H21BrN2. The lowest BCUT2D eigenvalue weighted by Crippen LogP contribution is -2.02. The molecule has 2 aromatic rings. The van der Waals surface area contributed by atoms with Crippen molar-refractivity contribution >= 4 is 15.9 Å². The third kappa shape index (κ3) is 3.69. The van der Waals surface area contributed by atoms with Crippen LogP contribution in [0.5, 0.6) is 0 Å². The van der Waals surface area contributed by atoms with Crippen LogP contribution in [0, 0.1) is 5.92 Å². The van der Waals surface area contributed by atoms with Gasteiger partial charge in [-0.2, -0.15) is 5.10 Å². The lowest BCUT2D eigenvalue weighted by molar-refractivity contribution is 0.500. The van der Waals surface area contributed by atoms with E-state index >= 15 is 0 Å². The number of halogens is 1. The summed E-state index contributed by atoms with van der Waals surface area (Å²) in [5.74, 6) is 0.633. The van der Waals surface area contributed by atoms with Gasteiger partial charge in [0.25, 0.3) is 0 Å². The maximum atomic E-state index is 4.46. The van der Waals surface area contributed by atoms with Crippen LogP contribution in [0.3, 0.4) is 0 Å². The van der Waals surface area contributed by atoms with E-state index in [0.29, 0.717) is 10.7 Å². The Balaban J connectivity index is 2.08. The van der Waals surface area contributed by atoms with E-state index in [-0.39, 0.29) is 0 Å². The molecule has 0 saturated heterocycles. The van der Waals surface area contributed by atoms with Crippen LogP contribution >= 0.6 is 15.9 Å².